The van der Waals surface area contributed by atoms with Crippen LogP contribution in [-0.4, -0.2) is 17.4 Å². The highest BCUT2D eigenvalue weighted by atomic mass is 19.1. The Labute approximate surface area is 157 Å². The molecular weight excluding hydrogens is 343 g/mol. The third-order valence-corrected chi connectivity index (χ3v) is 4.61. The first-order valence-corrected chi connectivity index (χ1v) is 9.15. The van der Waals surface area contributed by atoms with Gasteiger partial charge in [0.1, 0.15) is 5.82 Å². The van der Waals surface area contributed by atoms with Gasteiger partial charge in [-0.2, -0.15) is 0 Å². The van der Waals surface area contributed by atoms with Crippen molar-refractivity contribution in [3.05, 3.63) is 81.4 Å². The zero-order chi connectivity index (χ0) is 19.2. The molecular formula is C22H23FN2O2. The maximum absolute atomic E-state index is 13.5. The second kappa shape index (κ2) is 8.62. The topological polar surface area (TPSA) is 62.0 Å². The molecule has 1 amide bonds. The molecule has 0 bridgehead atoms. The van der Waals surface area contributed by atoms with Gasteiger partial charge in [0, 0.05) is 17.6 Å². The second-order valence-electron chi connectivity index (χ2n) is 6.78. The van der Waals surface area contributed by atoms with Crippen molar-refractivity contribution < 1.29 is 9.18 Å². The molecule has 0 fully saturated rings. The van der Waals surface area contributed by atoms with E-state index in [2.05, 4.69) is 10.3 Å². The van der Waals surface area contributed by atoms with E-state index < -0.39 is 0 Å². The fourth-order valence-corrected chi connectivity index (χ4v) is 3.09. The molecule has 0 unspecified atom stereocenters. The molecule has 1 heterocycles. The molecule has 0 spiro atoms. The lowest BCUT2D eigenvalue weighted by atomic mass is 10.1. The number of carbonyl (C=O) groups is 1. The van der Waals surface area contributed by atoms with Crippen molar-refractivity contribution in [2.24, 2.45) is 0 Å². The monoisotopic (exact) mass is 366 g/mol. The number of H-pyrrole nitrogens is 1. The van der Waals surface area contributed by atoms with Crippen LogP contribution < -0.4 is 10.9 Å². The summed E-state index contributed by atoms with van der Waals surface area (Å²) in [5.74, 6) is -0.212. The number of aromatic amines is 1. The number of aromatic nitrogens is 1. The van der Waals surface area contributed by atoms with Crippen molar-refractivity contribution >= 4 is 16.8 Å². The van der Waals surface area contributed by atoms with Crippen LogP contribution >= 0.6 is 0 Å². The number of unbranched alkanes of at least 4 members (excludes halogenated alkanes) is 1. The van der Waals surface area contributed by atoms with Gasteiger partial charge in [0.05, 0.1) is 6.42 Å². The quantitative estimate of drug-likeness (QED) is 0.627. The summed E-state index contributed by atoms with van der Waals surface area (Å²) in [5, 5.41) is 3.83. The molecule has 5 heteroatoms. The zero-order valence-corrected chi connectivity index (χ0v) is 15.3. The van der Waals surface area contributed by atoms with Crippen LogP contribution in [0.2, 0.25) is 0 Å². The van der Waals surface area contributed by atoms with Gasteiger partial charge >= 0.3 is 0 Å². The Morgan fingerprint density at radius 3 is 2.74 bits per heavy atom. The van der Waals surface area contributed by atoms with Crippen LogP contribution in [0.25, 0.3) is 10.9 Å². The molecule has 3 aromatic rings. The third kappa shape index (κ3) is 5.03. The maximum Gasteiger partial charge on any atom is 0.251 e. The van der Waals surface area contributed by atoms with Crippen LogP contribution in [0.4, 0.5) is 4.39 Å². The predicted octanol–water partition coefficient (Wildman–Crippen LogP) is 3.66. The Balaban J connectivity index is 1.46. The van der Waals surface area contributed by atoms with E-state index >= 15 is 0 Å². The molecule has 0 saturated carbocycles. The van der Waals surface area contributed by atoms with Crippen molar-refractivity contribution in [2.75, 3.05) is 6.54 Å². The highest BCUT2D eigenvalue weighted by Crippen LogP contribution is 2.14. The molecule has 0 atom stereocenters. The van der Waals surface area contributed by atoms with E-state index in [0.29, 0.717) is 30.5 Å². The van der Waals surface area contributed by atoms with Crippen LogP contribution in [0.5, 0.6) is 0 Å². The Morgan fingerprint density at radius 1 is 1.11 bits per heavy atom. The standard InChI is InChI=1S/C22H23FN2O2/c1-15-12-18-13-16(9-10-20(18)25-22(15)27)14-21(26)24-11-5-4-7-17-6-2-3-8-19(17)23/h2-3,6,8-10,12-13H,4-5,7,11,14H2,1H3,(H,24,26)(H,25,27). The van der Waals surface area contributed by atoms with Gasteiger partial charge in [0.25, 0.3) is 5.56 Å². The molecule has 0 saturated heterocycles. The van der Waals surface area contributed by atoms with Crippen molar-refractivity contribution in [1.29, 1.82) is 0 Å². The number of benzene rings is 2. The average molecular weight is 366 g/mol. The summed E-state index contributed by atoms with van der Waals surface area (Å²) in [7, 11) is 0. The first-order chi connectivity index (χ1) is 13.0. The third-order valence-electron chi connectivity index (χ3n) is 4.61. The normalized spacial score (nSPS) is 10.9. The van der Waals surface area contributed by atoms with Gasteiger partial charge in [-0.15, -0.1) is 0 Å². The van der Waals surface area contributed by atoms with Gasteiger partial charge in [-0.25, -0.2) is 4.39 Å². The minimum atomic E-state index is -0.172. The first kappa shape index (κ1) is 18.8. The fourth-order valence-electron chi connectivity index (χ4n) is 3.09. The Hall–Kier alpha value is -2.95. The first-order valence-electron chi connectivity index (χ1n) is 9.15. The number of fused-ring (bicyclic) bond motifs is 1. The van der Waals surface area contributed by atoms with E-state index in [1.807, 2.05) is 30.3 Å². The van der Waals surface area contributed by atoms with Crippen molar-refractivity contribution in [3.63, 3.8) is 0 Å². The number of pyridine rings is 1. The molecule has 2 N–H and O–H groups in total. The minimum absolute atomic E-state index is 0.0404. The number of aryl methyl sites for hydroxylation is 2. The van der Waals surface area contributed by atoms with Crippen LogP contribution in [0.1, 0.15) is 29.5 Å². The van der Waals surface area contributed by atoms with Gasteiger partial charge < -0.3 is 10.3 Å². The summed E-state index contributed by atoms with van der Waals surface area (Å²) in [6.07, 6.45) is 2.59. The van der Waals surface area contributed by atoms with E-state index in [4.69, 9.17) is 0 Å². The summed E-state index contributed by atoms with van der Waals surface area (Å²) < 4.78 is 13.5. The van der Waals surface area contributed by atoms with Crippen molar-refractivity contribution in [2.45, 2.75) is 32.6 Å². The summed E-state index contributed by atoms with van der Waals surface area (Å²) in [4.78, 5) is 26.6. The number of hydrogen-bond donors (Lipinski definition) is 2. The van der Waals surface area contributed by atoms with Gasteiger partial charge in [-0.1, -0.05) is 24.3 Å². The lowest BCUT2D eigenvalue weighted by Gasteiger charge is -2.07. The average Bonchev–Trinajstić information content (AvgIpc) is 2.64. The van der Waals surface area contributed by atoms with Gasteiger partial charge in [-0.3, -0.25) is 9.59 Å². The van der Waals surface area contributed by atoms with E-state index in [1.165, 1.54) is 6.07 Å². The SMILES string of the molecule is Cc1cc2cc(CC(=O)NCCCCc3ccccc3F)ccc2[nH]c1=O. The highest BCUT2D eigenvalue weighted by molar-refractivity contribution is 5.83. The lowest BCUT2D eigenvalue weighted by molar-refractivity contribution is -0.120. The van der Waals surface area contributed by atoms with E-state index in [-0.39, 0.29) is 17.3 Å². The minimum Gasteiger partial charge on any atom is -0.356 e. The molecule has 27 heavy (non-hydrogen) atoms. The number of amides is 1. The Kier molecular flexibility index (Phi) is 6.01. The molecule has 4 nitrogen and oxygen atoms in total. The molecule has 0 aliphatic heterocycles. The highest BCUT2D eigenvalue weighted by Gasteiger charge is 2.06. The molecule has 1 aromatic heterocycles. The van der Waals surface area contributed by atoms with E-state index in [9.17, 15) is 14.0 Å². The number of halogens is 1. The fraction of sp³-hybridized carbons (Fsp3) is 0.273. The Bertz CT molecular complexity index is 1010. The molecule has 3 rings (SSSR count). The molecule has 0 aliphatic carbocycles. The summed E-state index contributed by atoms with van der Waals surface area (Å²) >= 11 is 0. The predicted molar refractivity (Wildman–Crippen MR) is 105 cm³/mol. The molecule has 140 valence electrons. The summed E-state index contributed by atoms with van der Waals surface area (Å²) in [6.45, 7) is 2.34. The van der Waals surface area contributed by atoms with Crippen molar-refractivity contribution in [1.82, 2.24) is 10.3 Å². The summed E-state index contributed by atoms with van der Waals surface area (Å²) in [6, 6.07) is 14.2. The van der Waals surface area contributed by atoms with Crippen LogP contribution in [0.3, 0.4) is 0 Å². The maximum atomic E-state index is 13.5. The van der Waals surface area contributed by atoms with Crippen LogP contribution in [0.15, 0.2) is 53.3 Å². The van der Waals surface area contributed by atoms with Crippen LogP contribution in [0, 0.1) is 12.7 Å². The summed E-state index contributed by atoms with van der Waals surface area (Å²) in [5.41, 5.74) is 2.94. The van der Waals surface area contributed by atoms with Gasteiger partial charge in [0.15, 0.2) is 0 Å². The van der Waals surface area contributed by atoms with E-state index in [1.54, 1.807) is 19.1 Å². The molecule has 0 aliphatic rings. The lowest BCUT2D eigenvalue weighted by Crippen LogP contribution is -2.26. The van der Waals surface area contributed by atoms with E-state index in [0.717, 1.165) is 29.3 Å². The number of hydrogen-bond acceptors (Lipinski definition) is 2. The molecule has 0 radical (unpaired) electrons. The Morgan fingerprint density at radius 2 is 1.93 bits per heavy atom. The van der Waals surface area contributed by atoms with Gasteiger partial charge in [0.2, 0.25) is 5.91 Å². The number of carbonyl (C=O) groups excluding carboxylic acids is 1. The van der Waals surface area contributed by atoms with Gasteiger partial charge in [-0.05, 0) is 67.0 Å². The van der Waals surface area contributed by atoms with Crippen LogP contribution in [-0.2, 0) is 17.6 Å². The number of rotatable bonds is 7. The smallest absolute Gasteiger partial charge is 0.251 e. The van der Waals surface area contributed by atoms with Crippen molar-refractivity contribution in [3.8, 4) is 0 Å². The zero-order valence-electron chi connectivity index (χ0n) is 15.3. The number of nitrogens with one attached hydrogen (secondary N) is 2. The second-order valence-corrected chi connectivity index (χ2v) is 6.78. The largest absolute Gasteiger partial charge is 0.356 e. The molecule has 2 aromatic carbocycles.